The van der Waals surface area contributed by atoms with Gasteiger partial charge in [-0.15, -0.1) is 23.5 Å². The van der Waals surface area contributed by atoms with Gasteiger partial charge in [-0.3, -0.25) is 4.79 Å². The van der Waals surface area contributed by atoms with Gasteiger partial charge in [0.25, 0.3) is 0 Å². The highest BCUT2D eigenvalue weighted by atomic mass is 32.2. The fourth-order valence-electron chi connectivity index (χ4n) is 2.76. The van der Waals surface area contributed by atoms with E-state index in [4.69, 9.17) is 0 Å². The standard InChI is InChI=1S/C23H21F3N2OS2/c24-23(25,26)21-16-20(18-8-4-5-9-19(18)28-21)31-15-12-27-22(29)11-14-30-13-10-17-6-2-1-3-7-17/h1-10,13,16H,11-12,14-15H2,(H,27,29). The summed E-state index contributed by atoms with van der Waals surface area (Å²) >= 11 is 2.84. The van der Waals surface area contributed by atoms with E-state index >= 15 is 0 Å². The van der Waals surface area contributed by atoms with Gasteiger partial charge in [0.1, 0.15) is 5.69 Å². The van der Waals surface area contributed by atoms with Crippen molar-refractivity contribution in [2.45, 2.75) is 17.5 Å². The number of para-hydroxylation sites is 1. The molecule has 0 radical (unpaired) electrons. The van der Waals surface area contributed by atoms with E-state index in [1.807, 2.05) is 41.8 Å². The summed E-state index contributed by atoms with van der Waals surface area (Å²) in [6, 6.07) is 17.7. The number of carbonyl (C=O) groups is 1. The van der Waals surface area contributed by atoms with E-state index in [1.54, 1.807) is 36.0 Å². The molecule has 31 heavy (non-hydrogen) atoms. The molecular weight excluding hydrogens is 441 g/mol. The molecule has 3 rings (SSSR count). The smallest absolute Gasteiger partial charge is 0.355 e. The highest BCUT2D eigenvalue weighted by molar-refractivity contribution is 8.02. The van der Waals surface area contributed by atoms with Crippen LogP contribution in [0.5, 0.6) is 0 Å². The van der Waals surface area contributed by atoms with Crippen molar-refractivity contribution in [3.63, 3.8) is 0 Å². The molecule has 0 saturated heterocycles. The van der Waals surface area contributed by atoms with E-state index in [1.165, 1.54) is 11.8 Å². The predicted octanol–water partition coefficient (Wildman–Crippen LogP) is 6.26. The molecule has 0 aliphatic carbocycles. The summed E-state index contributed by atoms with van der Waals surface area (Å²) in [5.74, 6) is 1.06. The zero-order valence-electron chi connectivity index (χ0n) is 16.6. The molecule has 0 fully saturated rings. The highest BCUT2D eigenvalue weighted by Gasteiger charge is 2.33. The lowest BCUT2D eigenvalue weighted by Gasteiger charge is -2.11. The summed E-state index contributed by atoms with van der Waals surface area (Å²) in [4.78, 5) is 16.2. The highest BCUT2D eigenvalue weighted by Crippen LogP contribution is 2.34. The Kier molecular flexibility index (Phi) is 8.43. The number of thioether (sulfide) groups is 2. The predicted molar refractivity (Wildman–Crippen MR) is 123 cm³/mol. The first-order valence-corrected chi connectivity index (χ1v) is 11.7. The molecule has 0 aliphatic heterocycles. The molecule has 0 bridgehead atoms. The lowest BCUT2D eigenvalue weighted by Crippen LogP contribution is -2.25. The third-order valence-corrected chi connectivity index (χ3v) is 6.08. The molecule has 3 aromatic rings. The van der Waals surface area contributed by atoms with Gasteiger partial charge in [0.15, 0.2) is 0 Å². The van der Waals surface area contributed by atoms with Crippen LogP contribution in [0.2, 0.25) is 0 Å². The van der Waals surface area contributed by atoms with Crippen LogP contribution in [0, 0.1) is 0 Å². The summed E-state index contributed by atoms with van der Waals surface area (Å²) in [6.07, 6.45) is -2.13. The van der Waals surface area contributed by atoms with Crippen LogP contribution in [0.15, 0.2) is 71.0 Å². The average molecular weight is 463 g/mol. The quantitative estimate of drug-likeness (QED) is 0.301. The number of alkyl halides is 3. The molecule has 0 spiro atoms. The second kappa shape index (κ2) is 11.2. The second-order valence-electron chi connectivity index (χ2n) is 6.55. The number of fused-ring (bicyclic) bond motifs is 1. The molecule has 0 saturated carbocycles. The minimum atomic E-state index is -4.50. The molecule has 1 amide bonds. The molecule has 1 heterocycles. The van der Waals surface area contributed by atoms with E-state index in [2.05, 4.69) is 10.3 Å². The fourth-order valence-corrected chi connectivity index (χ4v) is 4.40. The topological polar surface area (TPSA) is 42.0 Å². The van der Waals surface area contributed by atoms with Gasteiger partial charge < -0.3 is 5.32 Å². The van der Waals surface area contributed by atoms with Crippen molar-refractivity contribution in [2.75, 3.05) is 18.1 Å². The Bertz CT molecular complexity index is 1040. The largest absolute Gasteiger partial charge is 0.433 e. The number of hydrogen-bond acceptors (Lipinski definition) is 4. The number of carbonyl (C=O) groups excluding carboxylic acids is 1. The SMILES string of the molecule is O=C(CCSC=Cc1ccccc1)NCCSc1cc(C(F)(F)F)nc2ccccc12. The number of nitrogens with zero attached hydrogens (tertiary/aromatic N) is 1. The van der Waals surface area contributed by atoms with Crippen molar-refractivity contribution >= 4 is 46.4 Å². The zero-order chi connectivity index (χ0) is 22.1. The Morgan fingerprint density at radius 2 is 1.77 bits per heavy atom. The first-order chi connectivity index (χ1) is 14.9. The number of nitrogens with one attached hydrogen (secondary N) is 1. The number of aromatic nitrogens is 1. The number of hydrogen-bond donors (Lipinski definition) is 1. The van der Waals surface area contributed by atoms with E-state index in [0.717, 1.165) is 11.6 Å². The second-order valence-corrected chi connectivity index (χ2v) is 8.70. The van der Waals surface area contributed by atoms with Gasteiger partial charge in [-0.1, -0.05) is 48.5 Å². The van der Waals surface area contributed by atoms with Crippen LogP contribution in [-0.4, -0.2) is 28.9 Å². The first kappa shape index (κ1) is 23.2. The van der Waals surface area contributed by atoms with Gasteiger partial charge in [0, 0.05) is 34.8 Å². The summed E-state index contributed by atoms with van der Waals surface area (Å²) in [7, 11) is 0. The maximum absolute atomic E-state index is 13.1. The van der Waals surface area contributed by atoms with Gasteiger partial charge in [-0.05, 0) is 29.2 Å². The van der Waals surface area contributed by atoms with Crippen molar-refractivity contribution < 1.29 is 18.0 Å². The van der Waals surface area contributed by atoms with Crippen LogP contribution in [0.3, 0.4) is 0 Å². The number of pyridine rings is 1. The number of benzene rings is 2. The molecule has 0 unspecified atom stereocenters. The van der Waals surface area contributed by atoms with Crippen LogP contribution in [-0.2, 0) is 11.0 Å². The van der Waals surface area contributed by atoms with Gasteiger partial charge in [-0.25, -0.2) is 4.98 Å². The molecule has 1 N–H and O–H groups in total. The van der Waals surface area contributed by atoms with Crippen molar-refractivity contribution in [1.82, 2.24) is 10.3 Å². The minimum absolute atomic E-state index is 0.0724. The summed E-state index contributed by atoms with van der Waals surface area (Å²) < 4.78 is 39.4. The Labute approximate surface area is 187 Å². The number of rotatable bonds is 9. The number of halogens is 3. The van der Waals surface area contributed by atoms with Crippen molar-refractivity contribution in [1.29, 1.82) is 0 Å². The summed E-state index contributed by atoms with van der Waals surface area (Å²) in [6.45, 7) is 0.381. The monoisotopic (exact) mass is 462 g/mol. The number of amides is 1. The van der Waals surface area contributed by atoms with Crippen molar-refractivity contribution in [3.8, 4) is 0 Å². The van der Waals surface area contributed by atoms with Gasteiger partial charge >= 0.3 is 6.18 Å². The normalized spacial score (nSPS) is 11.8. The van der Waals surface area contributed by atoms with Gasteiger partial charge in [-0.2, -0.15) is 13.2 Å². The first-order valence-electron chi connectivity index (χ1n) is 9.63. The van der Waals surface area contributed by atoms with Crippen LogP contribution >= 0.6 is 23.5 Å². The van der Waals surface area contributed by atoms with Crippen molar-refractivity contribution in [3.05, 3.63) is 77.3 Å². The summed E-state index contributed by atoms with van der Waals surface area (Å²) in [5.41, 5.74) is 0.511. The third kappa shape index (κ3) is 7.33. The molecule has 8 heteroatoms. The van der Waals surface area contributed by atoms with Crippen LogP contribution in [0.25, 0.3) is 17.0 Å². The Hall–Kier alpha value is -2.45. The molecule has 0 aliphatic rings. The molecular formula is C23H21F3N2OS2. The van der Waals surface area contributed by atoms with E-state index in [-0.39, 0.29) is 5.91 Å². The molecule has 1 aromatic heterocycles. The van der Waals surface area contributed by atoms with Crippen LogP contribution in [0.4, 0.5) is 13.2 Å². The van der Waals surface area contributed by atoms with E-state index < -0.39 is 11.9 Å². The zero-order valence-corrected chi connectivity index (χ0v) is 18.2. The molecule has 0 atom stereocenters. The minimum Gasteiger partial charge on any atom is -0.355 e. The Balaban J connectivity index is 1.43. The van der Waals surface area contributed by atoms with E-state index in [9.17, 15) is 18.0 Å². The van der Waals surface area contributed by atoms with Crippen LogP contribution < -0.4 is 5.32 Å². The molecule has 3 nitrogen and oxygen atoms in total. The lowest BCUT2D eigenvalue weighted by atomic mass is 10.2. The van der Waals surface area contributed by atoms with E-state index in [0.29, 0.717) is 40.3 Å². The third-order valence-electron chi connectivity index (χ3n) is 4.25. The molecule has 162 valence electrons. The Morgan fingerprint density at radius 1 is 1.03 bits per heavy atom. The maximum atomic E-state index is 13.1. The van der Waals surface area contributed by atoms with Crippen molar-refractivity contribution in [2.24, 2.45) is 0 Å². The lowest BCUT2D eigenvalue weighted by molar-refractivity contribution is -0.141. The van der Waals surface area contributed by atoms with Gasteiger partial charge in [0.05, 0.1) is 5.52 Å². The maximum Gasteiger partial charge on any atom is 0.433 e. The fraction of sp³-hybridized carbons (Fsp3) is 0.217. The molecule has 2 aromatic carbocycles. The van der Waals surface area contributed by atoms with Crippen LogP contribution in [0.1, 0.15) is 17.7 Å². The van der Waals surface area contributed by atoms with Gasteiger partial charge in [0.2, 0.25) is 5.91 Å². The average Bonchev–Trinajstić information content (AvgIpc) is 2.76. The Morgan fingerprint density at radius 3 is 2.55 bits per heavy atom. The summed E-state index contributed by atoms with van der Waals surface area (Å²) in [5, 5.41) is 5.46.